The molecular formula is C26H32N4O2. The van der Waals surface area contributed by atoms with Crippen molar-refractivity contribution in [2.24, 2.45) is 0 Å². The second-order valence-corrected chi connectivity index (χ2v) is 9.63. The van der Waals surface area contributed by atoms with Crippen molar-refractivity contribution in [2.75, 3.05) is 19.6 Å². The van der Waals surface area contributed by atoms with Gasteiger partial charge in [-0.05, 0) is 58.3 Å². The van der Waals surface area contributed by atoms with E-state index in [4.69, 9.17) is 9.40 Å². The summed E-state index contributed by atoms with van der Waals surface area (Å²) in [6.07, 6.45) is 5.15. The van der Waals surface area contributed by atoms with E-state index in [0.717, 1.165) is 44.8 Å². The molecule has 2 aliphatic heterocycles. The van der Waals surface area contributed by atoms with E-state index in [1.54, 1.807) is 18.6 Å². The van der Waals surface area contributed by atoms with E-state index in [1.807, 2.05) is 4.90 Å². The van der Waals surface area contributed by atoms with Crippen molar-refractivity contribution < 1.29 is 9.21 Å². The number of aryl methyl sites for hydroxylation is 1. The predicted octanol–water partition coefficient (Wildman–Crippen LogP) is 4.56. The normalized spacial score (nSPS) is 18.3. The van der Waals surface area contributed by atoms with Crippen LogP contribution in [-0.4, -0.2) is 44.9 Å². The highest BCUT2D eigenvalue weighted by Gasteiger charge is 2.46. The zero-order valence-corrected chi connectivity index (χ0v) is 19.3. The van der Waals surface area contributed by atoms with Gasteiger partial charge in [0.25, 0.3) is 5.91 Å². The average molecular weight is 433 g/mol. The van der Waals surface area contributed by atoms with E-state index in [9.17, 15) is 4.79 Å². The first-order valence-corrected chi connectivity index (χ1v) is 11.6. The third kappa shape index (κ3) is 3.66. The first-order valence-electron chi connectivity index (χ1n) is 11.6. The zero-order valence-electron chi connectivity index (χ0n) is 19.3. The second kappa shape index (κ2) is 8.24. The lowest BCUT2D eigenvalue weighted by atomic mass is 9.72. The van der Waals surface area contributed by atoms with Gasteiger partial charge in [0.2, 0.25) is 0 Å². The van der Waals surface area contributed by atoms with E-state index in [1.165, 1.54) is 17.0 Å². The largest absolute Gasteiger partial charge is 0.472 e. The van der Waals surface area contributed by atoms with Crippen LogP contribution in [0.5, 0.6) is 0 Å². The summed E-state index contributed by atoms with van der Waals surface area (Å²) in [6, 6.07) is 12.7. The van der Waals surface area contributed by atoms with Gasteiger partial charge < -0.3 is 13.9 Å². The second-order valence-electron chi connectivity index (χ2n) is 9.63. The van der Waals surface area contributed by atoms with Gasteiger partial charge in [-0.2, -0.15) is 0 Å². The number of aromatic nitrogens is 2. The molecule has 2 aliphatic rings. The summed E-state index contributed by atoms with van der Waals surface area (Å²) < 4.78 is 7.52. The van der Waals surface area contributed by atoms with Crippen LogP contribution in [-0.2, 0) is 18.5 Å². The van der Waals surface area contributed by atoms with Gasteiger partial charge >= 0.3 is 0 Å². The highest BCUT2D eigenvalue weighted by molar-refractivity contribution is 5.94. The summed E-state index contributed by atoms with van der Waals surface area (Å²) in [5, 5.41) is 0. The summed E-state index contributed by atoms with van der Waals surface area (Å²) in [7, 11) is 0. The SMILES string of the molecule is Cc1nc2c(n1C(C)C)CN(C(=O)c1ccoc1)CC21CCN(Cc2ccccc2)CC1. The number of imidazole rings is 1. The minimum absolute atomic E-state index is 0.0460. The Balaban J connectivity index is 1.45. The number of furan rings is 1. The van der Waals surface area contributed by atoms with Crippen molar-refractivity contribution in [3.63, 3.8) is 0 Å². The Kier molecular flexibility index (Phi) is 5.41. The highest BCUT2D eigenvalue weighted by atomic mass is 16.3. The molecule has 3 aromatic rings. The molecule has 1 spiro atoms. The Morgan fingerprint density at radius 2 is 1.91 bits per heavy atom. The molecule has 32 heavy (non-hydrogen) atoms. The van der Waals surface area contributed by atoms with Crippen LogP contribution < -0.4 is 0 Å². The number of amides is 1. The summed E-state index contributed by atoms with van der Waals surface area (Å²) in [4.78, 5) is 23.0. The van der Waals surface area contributed by atoms with Gasteiger partial charge in [0.1, 0.15) is 12.1 Å². The molecule has 0 aliphatic carbocycles. The minimum Gasteiger partial charge on any atom is -0.472 e. The summed E-state index contributed by atoms with van der Waals surface area (Å²) >= 11 is 0. The van der Waals surface area contributed by atoms with Gasteiger partial charge in [-0.15, -0.1) is 0 Å². The molecule has 1 aromatic carbocycles. The predicted molar refractivity (Wildman–Crippen MR) is 123 cm³/mol. The quantitative estimate of drug-likeness (QED) is 0.607. The number of nitrogens with zero attached hydrogens (tertiary/aromatic N) is 4. The molecule has 0 unspecified atom stereocenters. The van der Waals surface area contributed by atoms with Crippen molar-refractivity contribution in [3.05, 3.63) is 77.3 Å². The molecule has 0 bridgehead atoms. The topological polar surface area (TPSA) is 54.5 Å². The standard InChI is InChI=1S/C26H32N4O2/c1-19(2)30-20(3)27-24-23(30)16-29(25(31)22-9-14-32-17-22)18-26(24)10-12-28(13-11-26)15-21-7-5-4-6-8-21/h4-9,14,17,19H,10-13,15-16,18H2,1-3H3. The van der Waals surface area contributed by atoms with Gasteiger partial charge in [0.05, 0.1) is 29.8 Å². The number of benzene rings is 1. The third-order valence-electron chi connectivity index (χ3n) is 7.16. The number of carbonyl (C=O) groups is 1. The summed E-state index contributed by atoms with van der Waals surface area (Å²) in [5.41, 5.74) is 4.31. The fourth-order valence-electron chi connectivity index (χ4n) is 5.62. The summed E-state index contributed by atoms with van der Waals surface area (Å²) in [6.45, 7) is 10.8. The number of likely N-dealkylation sites (tertiary alicyclic amines) is 1. The van der Waals surface area contributed by atoms with E-state index in [-0.39, 0.29) is 11.3 Å². The third-order valence-corrected chi connectivity index (χ3v) is 7.16. The molecule has 6 heteroatoms. The molecule has 1 fully saturated rings. The van der Waals surface area contributed by atoms with Crippen LogP contribution in [0.15, 0.2) is 53.3 Å². The van der Waals surface area contributed by atoms with Gasteiger partial charge in [0, 0.05) is 24.5 Å². The molecule has 0 atom stereocenters. The molecule has 5 rings (SSSR count). The molecule has 0 saturated carbocycles. The van der Waals surface area contributed by atoms with Crippen LogP contribution in [0, 0.1) is 6.92 Å². The molecule has 1 amide bonds. The number of fused-ring (bicyclic) bond motifs is 2. The van der Waals surface area contributed by atoms with Crippen molar-refractivity contribution >= 4 is 5.91 Å². The lowest BCUT2D eigenvalue weighted by molar-refractivity contribution is 0.0555. The van der Waals surface area contributed by atoms with Crippen LogP contribution in [0.3, 0.4) is 0 Å². The fourth-order valence-corrected chi connectivity index (χ4v) is 5.62. The van der Waals surface area contributed by atoms with Gasteiger partial charge in [-0.25, -0.2) is 4.98 Å². The fraction of sp³-hybridized carbons (Fsp3) is 0.462. The first-order chi connectivity index (χ1) is 15.5. The highest BCUT2D eigenvalue weighted by Crippen LogP contribution is 2.43. The van der Waals surface area contributed by atoms with Crippen molar-refractivity contribution in [1.82, 2.24) is 19.4 Å². The number of rotatable bonds is 4. The lowest BCUT2D eigenvalue weighted by Crippen LogP contribution is -2.53. The Morgan fingerprint density at radius 1 is 1.16 bits per heavy atom. The molecule has 0 radical (unpaired) electrons. The van der Waals surface area contributed by atoms with E-state index >= 15 is 0 Å². The van der Waals surface area contributed by atoms with E-state index in [0.29, 0.717) is 18.2 Å². The lowest BCUT2D eigenvalue weighted by Gasteiger charge is -2.47. The zero-order chi connectivity index (χ0) is 22.3. The van der Waals surface area contributed by atoms with E-state index < -0.39 is 0 Å². The van der Waals surface area contributed by atoms with Crippen LogP contribution in [0.2, 0.25) is 0 Å². The van der Waals surface area contributed by atoms with Crippen molar-refractivity contribution in [3.8, 4) is 0 Å². The van der Waals surface area contributed by atoms with Crippen molar-refractivity contribution in [2.45, 2.75) is 58.2 Å². The monoisotopic (exact) mass is 432 g/mol. The number of hydrogen-bond acceptors (Lipinski definition) is 4. The van der Waals surface area contributed by atoms with E-state index in [2.05, 4.69) is 60.6 Å². The molecule has 1 saturated heterocycles. The maximum absolute atomic E-state index is 13.3. The molecule has 168 valence electrons. The summed E-state index contributed by atoms with van der Waals surface area (Å²) in [5.74, 6) is 1.10. The number of hydrogen-bond donors (Lipinski definition) is 0. The van der Waals surface area contributed by atoms with Gasteiger partial charge in [-0.1, -0.05) is 30.3 Å². The Hall–Kier alpha value is -2.86. The Bertz CT molecular complexity index is 1080. The smallest absolute Gasteiger partial charge is 0.257 e. The number of piperidine rings is 1. The Morgan fingerprint density at radius 3 is 2.56 bits per heavy atom. The van der Waals surface area contributed by atoms with Crippen LogP contribution in [0.4, 0.5) is 0 Å². The molecular weight excluding hydrogens is 400 g/mol. The van der Waals surface area contributed by atoms with Crippen molar-refractivity contribution in [1.29, 1.82) is 0 Å². The van der Waals surface area contributed by atoms with Crippen LogP contribution in [0.1, 0.15) is 65.9 Å². The maximum Gasteiger partial charge on any atom is 0.257 e. The minimum atomic E-state index is -0.0922. The van der Waals surface area contributed by atoms with Crippen LogP contribution >= 0.6 is 0 Å². The average Bonchev–Trinajstić information content (AvgIpc) is 3.44. The molecule has 6 nitrogen and oxygen atoms in total. The maximum atomic E-state index is 13.3. The number of carbonyl (C=O) groups excluding carboxylic acids is 1. The van der Waals surface area contributed by atoms with Crippen LogP contribution in [0.25, 0.3) is 0 Å². The first kappa shape index (κ1) is 21.0. The molecule has 4 heterocycles. The van der Waals surface area contributed by atoms with Gasteiger partial charge in [0.15, 0.2) is 0 Å². The molecule has 2 aromatic heterocycles. The van der Waals surface area contributed by atoms with Gasteiger partial charge in [-0.3, -0.25) is 9.69 Å². The Labute approximate surface area is 189 Å². The molecule has 0 N–H and O–H groups in total.